The van der Waals surface area contributed by atoms with Crippen molar-refractivity contribution in [3.05, 3.63) is 47.3 Å². The lowest BCUT2D eigenvalue weighted by Gasteiger charge is -2.09. The first-order chi connectivity index (χ1) is 10.7. The van der Waals surface area contributed by atoms with E-state index in [0.717, 1.165) is 17.7 Å². The highest BCUT2D eigenvalue weighted by Crippen LogP contribution is 2.34. The Hall–Kier alpha value is -2.57. The van der Waals surface area contributed by atoms with Crippen molar-refractivity contribution in [2.24, 2.45) is 7.05 Å². The number of imidazole rings is 1. The highest BCUT2D eigenvalue weighted by Gasteiger charge is 2.31. The molecule has 0 bridgehead atoms. The second-order valence-corrected chi connectivity index (χ2v) is 5.41. The van der Waals surface area contributed by atoms with Crippen LogP contribution in [0.1, 0.15) is 11.1 Å². The van der Waals surface area contributed by atoms with E-state index in [1.807, 2.05) is 6.92 Å². The van der Waals surface area contributed by atoms with Crippen molar-refractivity contribution < 1.29 is 17.6 Å². The Balaban J connectivity index is 2.22. The molecular weight excluding hydrogens is 310 g/mol. The number of benzene rings is 2. The van der Waals surface area contributed by atoms with E-state index in [4.69, 9.17) is 5.73 Å². The lowest BCUT2D eigenvalue weighted by Crippen LogP contribution is -2.06. The van der Waals surface area contributed by atoms with Crippen LogP contribution in [0.15, 0.2) is 30.3 Å². The number of aryl methyl sites for hydroxylation is 2. The van der Waals surface area contributed by atoms with Gasteiger partial charge in [0.15, 0.2) is 0 Å². The van der Waals surface area contributed by atoms with E-state index in [9.17, 15) is 17.6 Å². The predicted molar refractivity (Wildman–Crippen MR) is 80.3 cm³/mol. The molecule has 2 aromatic carbocycles. The maximum atomic E-state index is 14.2. The molecule has 7 heteroatoms. The summed E-state index contributed by atoms with van der Waals surface area (Å²) in [5.74, 6) is -0.753. The van der Waals surface area contributed by atoms with Gasteiger partial charge in [0, 0.05) is 7.05 Å². The van der Waals surface area contributed by atoms with Gasteiger partial charge >= 0.3 is 6.18 Å². The summed E-state index contributed by atoms with van der Waals surface area (Å²) in [6, 6.07) is 5.95. The molecule has 0 aliphatic rings. The number of nitrogens with two attached hydrogens (primary N) is 1. The van der Waals surface area contributed by atoms with Gasteiger partial charge in [-0.3, -0.25) is 0 Å². The van der Waals surface area contributed by atoms with Crippen molar-refractivity contribution in [3.63, 3.8) is 0 Å². The van der Waals surface area contributed by atoms with E-state index in [0.29, 0.717) is 22.8 Å². The van der Waals surface area contributed by atoms with Crippen LogP contribution in [0, 0.1) is 12.7 Å². The Bertz CT molecular complexity index is 910. The zero-order valence-corrected chi connectivity index (χ0v) is 12.4. The number of hydrogen-bond acceptors (Lipinski definition) is 2. The standard InChI is InChI=1S/C16H13F4N3/c1-8-5-12(21)14-13(6-8)22-15(23(14)2)10-4-3-9(7-11(10)17)16(18,19)20/h3-7H,21H2,1-2H3. The average Bonchev–Trinajstić information content (AvgIpc) is 2.74. The van der Waals surface area contributed by atoms with E-state index in [2.05, 4.69) is 4.98 Å². The Kier molecular flexibility index (Phi) is 3.31. The van der Waals surface area contributed by atoms with Gasteiger partial charge in [0.25, 0.3) is 0 Å². The summed E-state index contributed by atoms with van der Waals surface area (Å²) >= 11 is 0. The molecule has 0 unspecified atom stereocenters. The number of alkyl halides is 3. The minimum Gasteiger partial charge on any atom is -0.397 e. The monoisotopic (exact) mass is 323 g/mol. The number of fused-ring (bicyclic) bond motifs is 1. The predicted octanol–water partition coefficient (Wildman–Crippen LogP) is 4.29. The minimum absolute atomic E-state index is 0.00578. The SMILES string of the molecule is Cc1cc(N)c2c(c1)nc(-c1ccc(C(F)(F)F)cc1F)n2C. The number of halogens is 4. The van der Waals surface area contributed by atoms with Crippen molar-refractivity contribution in [2.75, 3.05) is 5.73 Å². The fraction of sp³-hybridized carbons (Fsp3) is 0.188. The Morgan fingerprint density at radius 3 is 2.43 bits per heavy atom. The zero-order chi connectivity index (χ0) is 16.9. The normalized spacial score (nSPS) is 12.1. The van der Waals surface area contributed by atoms with Crippen molar-refractivity contribution in [3.8, 4) is 11.4 Å². The van der Waals surface area contributed by atoms with Gasteiger partial charge in [-0.15, -0.1) is 0 Å². The van der Waals surface area contributed by atoms with Crippen molar-refractivity contribution in [2.45, 2.75) is 13.1 Å². The molecule has 0 radical (unpaired) electrons. The van der Waals surface area contributed by atoms with Crippen LogP contribution in [0.25, 0.3) is 22.4 Å². The summed E-state index contributed by atoms with van der Waals surface area (Å²) in [7, 11) is 1.65. The molecule has 0 amide bonds. The van der Waals surface area contributed by atoms with Gasteiger partial charge < -0.3 is 10.3 Å². The summed E-state index contributed by atoms with van der Waals surface area (Å²) in [6.45, 7) is 1.85. The highest BCUT2D eigenvalue weighted by atomic mass is 19.4. The quantitative estimate of drug-likeness (QED) is 0.536. The van der Waals surface area contributed by atoms with Crippen molar-refractivity contribution in [1.82, 2.24) is 9.55 Å². The van der Waals surface area contributed by atoms with Gasteiger partial charge in [0.2, 0.25) is 0 Å². The first-order valence-corrected chi connectivity index (χ1v) is 6.78. The summed E-state index contributed by atoms with van der Waals surface area (Å²) in [5, 5.41) is 0. The number of hydrogen-bond donors (Lipinski definition) is 1. The number of nitrogen functional groups attached to an aromatic ring is 1. The van der Waals surface area contributed by atoms with Crippen LogP contribution >= 0.6 is 0 Å². The Labute approximate surface area is 129 Å². The van der Waals surface area contributed by atoms with Crippen molar-refractivity contribution >= 4 is 16.7 Å². The molecule has 1 aromatic heterocycles. The maximum absolute atomic E-state index is 14.2. The van der Waals surface area contributed by atoms with Gasteiger partial charge in [-0.1, -0.05) is 0 Å². The third-order valence-electron chi connectivity index (χ3n) is 3.68. The van der Waals surface area contributed by atoms with E-state index < -0.39 is 17.6 Å². The molecule has 3 rings (SSSR count). The van der Waals surface area contributed by atoms with Crippen LogP contribution in [0.2, 0.25) is 0 Å². The molecule has 3 nitrogen and oxygen atoms in total. The minimum atomic E-state index is -4.59. The molecular formula is C16H13F4N3. The largest absolute Gasteiger partial charge is 0.416 e. The number of anilines is 1. The summed E-state index contributed by atoms with van der Waals surface area (Å²) in [6.07, 6.45) is -4.59. The molecule has 0 aliphatic carbocycles. The van der Waals surface area contributed by atoms with Crippen LogP contribution in [-0.4, -0.2) is 9.55 Å². The molecule has 0 aliphatic heterocycles. The molecule has 0 saturated heterocycles. The molecule has 0 spiro atoms. The van der Waals surface area contributed by atoms with E-state index in [1.54, 1.807) is 23.7 Å². The number of rotatable bonds is 1. The van der Waals surface area contributed by atoms with Crippen LogP contribution in [0.5, 0.6) is 0 Å². The molecule has 2 N–H and O–H groups in total. The molecule has 0 atom stereocenters. The third kappa shape index (κ3) is 2.52. The molecule has 0 saturated carbocycles. The van der Waals surface area contributed by atoms with Gasteiger partial charge in [-0.05, 0) is 42.8 Å². The lowest BCUT2D eigenvalue weighted by atomic mass is 10.1. The molecule has 120 valence electrons. The van der Waals surface area contributed by atoms with Gasteiger partial charge in [-0.2, -0.15) is 13.2 Å². The van der Waals surface area contributed by atoms with Gasteiger partial charge in [0.1, 0.15) is 11.6 Å². The summed E-state index contributed by atoms with van der Waals surface area (Å²) in [5.41, 5.74) is 7.49. The zero-order valence-electron chi connectivity index (χ0n) is 12.4. The number of nitrogens with zero attached hydrogens (tertiary/aromatic N) is 2. The first-order valence-electron chi connectivity index (χ1n) is 6.78. The second kappa shape index (κ2) is 4.97. The molecule has 3 aromatic rings. The van der Waals surface area contributed by atoms with E-state index in [1.165, 1.54) is 0 Å². The van der Waals surface area contributed by atoms with E-state index in [-0.39, 0.29) is 11.4 Å². The lowest BCUT2D eigenvalue weighted by molar-refractivity contribution is -0.137. The van der Waals surface area contributed by atoms with Crippen LogP contribution < -0.4 is 5.73 Å². The fourth-order valence-electron chi connectivity index (χ4n) is 2.65. The van der Waals surface area contributed by atoms with Crippen LogP contribution in [0.4, 0.5) is 23.2 Å². The maximum Gasteiger partial charge on any atom is 0.416 e. The second-order valence-electron chi connectivity index (χ2n) is 5.41. The first kappa shape index (κ1) is 15.3. The van der Waals surface area contributed by atoms with Crippen LogP contribution in [0.3, 0.4) is 0 Å². The summed E-state index contributed by atoms with van der Waals surface area (Å²) in [4.78, 5) is 4.32. The van der Waals surface area contributed by atoms with Gasteiger partial charge in [-0.25, -0.2) is 9.37 Å². The smallest absolute Gasteiger partial charge is 0.397 e. The Morgan fingerprint density at radius 1 is 1.13 bits per heavy atom. The number of aromatic nitrogens is 2. The van der Waals surface area contributed by atoms with E-state index >= 15 is 0 Å². The molecule has 23 heavy (non-hydrogen) atoms. The Morgan fingerprint density at radius 2 is 1.83 bits per heavy atom. The van der Waals surface area contributed by atoms with Gasteiger partial charge in [0.05, 0.1) is 27.8 Å². The topological polar surface area (TPSA) is 43.8 Å². The highest BCUT2D eigenvalue weighted by molar-refractivity contribution is 5.91. The fourth-order valence-corrected chi connectivity index (χ4v) is 2.65. The molecule has 0 fully saturated rings. The molecule has 1 heterocycles. The summed E-state index contributed by atoms with van der Waals surface area (Å²) < 4.78 is 53.7. The average molecular weight is 323 g/mol. The van der Waals surface area contributed by atoms with Crippen LogP contribution in [-0.2, 0) is 13.2 Å². The van der Waals surface area contributed by atoms with Crippen molar-refractivity contribution in [1.29, 1.82) is 0 Å². The third-order valence-corrected chi connectivity index (χ3v) is 3.68.